The molecule has 0 saturated carbocycles. The Hall–Kier alpha value is -1.46. The zero-order valence-corrected chi connectivity index (χ0v) is 13.4. The Kier molecular flexibility index (Phi) is 5.09. The van der Waals surface area contributed by atoms with Gasteiger partial charge in [0.05, 0.1) is 5.69 Å². The number of hydrogen-bond donors (Lipinski definition) is 1. The fraction of sp³-hybridized carbons (Fsp3) is 0. The molecular weight excluding hydrogens is 389 g/mol. The van der Waals surface area contributed by atoms with Gasteiger partial charge in [-0.15, -0.1) is 0 Å². The Morgan fingerprint density at radius 2 is 1.70 bits per heavy atom. The minimum Gasteiger partial charge on any atom is -0.359 e. The first kappa shape index (κ1) is 14.9. The number of benzene rings is 2. The smallest absolute Gasteiger partial charge is 0.187 e. The number of halogens is 3. The minimum absolute atomic E-state index is 0.150. The summed E-state index contributed by atoms with van der Waals surface area (Å²) in [6.45, 7) is 0. The van der Waals surface area contributed by atoms with Crippen LogP contribution in [0.2, 0.25) is 0 Å². The molecule has 0 aliphatic heterocycles. The van der Waals surface area contributed by atoms with Crippen LogP contribution in [0.15, 0.2) is 63.7 Å². The molecule has 0 bridgehead atoms. The lowest BCUT2D eigenvalue weighted by Gasteiger charge is -2.02. The van der Waals surface area contributed by atoms with Crippen LogP contribution in [0.5, 0.6) is 0 Å². The number of carbonyl (C=O) groups excluding carboxylic acids is 1. The molecule has 2 aromatic carbocycles. The summed E-state index contributed by atoms with van der Waals surface area (Å²) in [5.41, 5.74) is 0.885. The van der Waals surface area contributed by atoms with E-state index in [1.807, 2.05) is 0 Å². The molecule has 20 heavy (non-hydrogen) atoms. The van der Waals surface area contributed by atoms with Crippen molar-refractivity contribution in [1.82, 2.24) is 0 Å². The van der Waals surface area contributed by atoms with E-state index >= 15 is 0 Å². The van der Waals surface area contributed by atoms with E-state index in [1.54, 1.807) is 36.4 Å². The van der Waals surface area contributed by atoms with Crippen LogP contribution in [0.4, 0.5) is 10.1 Å². The molecule has 1 N–H and O–H groups in total. The van der Waals surface area contributed by atoms with Gasteiger partial charge in [0.1, 0.15) is 5.82 Å². The predicted molar refractivity (Wildman–Crippen MR) is 85.3 cm³/mol. The van der Waals surface area contributed by atoms with Crippen molar-refractivity contribution >= 4 is 43.3 Å². The Balaban J connectivity index is 2.02. The number of ketones is 1. The van der Waals surface area contributed by atoms with E-state index in [0.29, 0.717) is 15.7 Å². The van der Waals surface area contributed by atoms with Crippen molar-refractivity contribution in [2.45, 2.75) is 0 Å². The van der Waals surface area contributed by atoms with Gasteiger partial charge in [-0.2, -0.15) is 0 Å². The van der Waals surface area contributed by atoms with Gasteiger partial charge in [-0.25, -0.2) is 4.39 Å². The molecule has 2 nitrogen and oxygen atoms in total. The summed E-state index contributed by atoms with van der Waals surface area (Å²) < 4.78 is 15.1. The fourth-order valence-corrected chi connectivity index (χ4v) is 2.12. The van der Waals surface area contributed by atoms with Crippen molar-refractivity contribution in [2.75, 3.05) is 5.32 Å². The maximum atomic E-state index is 13.5. The molecule has 0 aliphatic carbocycles. The maximum Gasteiger partial charge on any atom is 0.187 e. The number of rotatable bonds is 4. The second-order valence-electron chi connectivity index (χ2n) is 3.97. The summed E-state index contributed by atoms with van der Waals surface area (Å²) in [4.78, 5) is 11.8. The molecule has 0 fully saturated rings. The van der Waals surface area contributed by atoms with Crippen LogP contribution in [0.25, 0.3) is 0 Å². The lowest BCUT2D eigenvalue weighted by Crippen LogP contribution is -1.97. The SMILES string of the molecule is O=C(/C=C\Nc1ccc(Br)cc1F)c1ccc(Br)cc1. The minimum atomic E-state index is -0.389. The molecule has 0 amide bonds. The highest BCUT2D eigenvalue weighted by atomic mass is 79.9. The Labute approximate surface area is 133 Å². The van der Waals surface area contributed by atoms with Crippen molar-refractivity contribution in [3.63, 3.8) is 0 Å². The second-order valence-corrected chi connectivity index (χ2v) is 5.80. The number of hydrogen-bond acceptors (Lipinski definition) is 2. The summed E-state index contributed by atoms with van der Waals surface area (Å²) in [7, 11) is 0. The van der Waals surface area contributed by atoms with Crippen LogP contribution in [0.1, 0.15) is 10.4 Å². The van der Waals surface area contributed by atoms with E-state index in [1.165, 1.54) is 18.3 Å². The highest BCUT2D eigenvalue weighted by molar-refractivity contribution is 9.10. The quantitative estimate of drug-likeness (QED) is 0.569. The van der Waals surface area contributed by atoms with Crippen LogP contribution >= 0.6 is 31.9 Å². The van der Waals surface area contributed by atoms with Crippen LogP contribution < -0.4 is 5.32 Å². The largest absolute Gasteiger partial charge is 0.359 e. The lowest BCUT2D eigenvalue weighted by atomic mass is 10.1. The summed E-state index contributed by atoms with van der Waals surface area (Å²) >= 11 is 6.48. The third-order valence-electron chi connectivity index (χ3n) is 2.53. The van der Waals surface area contributed by atoms with E-state index in [0.717, 1.165) is 4.47 Å². The molecule has 0 radical (unpaired) electrons. The third-order valence-corrected chi connectivity index (χ3v) is 3.56. The molecule has 2 aromatic rings. The van der Waals surface area contributed by atoms with Crippen molar-refractivity contribution < 1.29 is 9.18 Å². The van der Waals surface area contributed by atoms with Crippen molar-refractivity contribution in [3.8, 4) is 0 Å². The topological polar surface area (TPSA) is 29.1 Å². The van der Waals surface area contributed by atoms with E-state index in [2.05, 4.69) is 37.2 Å². The van der Waals surface area contributed by atoms with Crippen molar-refractivity contribution in [2.24, 2.45) is 0 Å². The van der Waals surface area contributed by atoms with Gasteiger partial charge < -0.3 is 5.32 Å². The van der Waals surface area contributed by atoms with Gasteiger partial charge >= 0.3 is 0 Å². The van der Waals surface area contributed by atoms with E-state index in [9.17, 15) is 9.18 Å². The van der Waals surface area contributed by atoms with Crippen LogP contribution in [-0.4, -0.2) is 5.78 Å². The molecule has 2 rings (SSSR count). The average molecular weight is 399 g/mol. The summed E-state index contributed by atoms with van der Waals surface area (Å²) in [6, 6.07) is 11.7. The molecule has 0 aromatic heterocycles. The monoisotopic (exact) mass is 397 g/mol. The molecular formula is C15H10Br2FNO. The van der Waals surface area contributed by atoms with Gasteiger partial charge in [0, 0.05) is 26.8 Å². The Morgan fingerprint density at radius 3 is 2.35 bits per heavy atom. The van der Waals surface area contributed by atoms with Crippen LogP contribution in [0, 0.1) is 5.82 Å². The van der Waals surface area contributed by atoms with Crippen molar-refractivity contribution in [1.29, 1.82) is 0 Å². The first-order chi connectivity index (χ1) is 9.56. The number of nitrogens with one attached hydrogen (secondary N) is 1. The van der Waals surface area contributed by atoms with Crippen molar-refractivity contribution in [3.05, 3.63) is 75.1 Å². The molecule has 0 unspecified atom stereocenters. The fourth-order valence-electron chi connectivity index (χ4n) is 1.52. The molecule has 102 valence electrons. The Bertz CT molecular complexity index is 653. The second kappa shape index (κ2) is 6.81. The zero-order chi connectivity index (χ0) is 14.5. The number of allylic oxidation sites excluding steroid dienone is 1. The molecule has 0 heterocycles. The average Bonchev–Trinajstić information content (AvgIpc) is 2.42. The zero-order valence-electron chi connectivity index (χ0n) is 10.2. The third kappa shape index (κ3) is 4.02. The van der Waals surface area contributed by atoms with E-state index < -0.39 is 0 Å². The van der Waals surface area contributed by atoms with Crippen LogP contribution in [-0.2, 0) is 0 Å². The van der Waals surface area contributed by atoms with Gasteiger partial charge in [-0.1, -0.05) is 31.9 Å². The highest BCUT2D eigenvalue weighted by Crippen LogP contribution is 2.19. The maximum absolute atomic E-state index is 13.5. The van der Waals surface area contributed by atoms with Gasteiger partial charge in [-0.05, 0) is 42.5 Å². The highest BCUT2D eigenvalue weighted by Gasteiger charge is 2.02. The summed E-state index contributed by atoms with van der Waals surface area (Å²) in [6.07, 6.45) is 2.79. The predicted octanol–water partition coefficient (Wildman–Crippen LogP) is 5.16. The normalized spacial score (nSPS) is 10.8. The van der Waals surface area contributed by atoms with Gasteiger partial charge in [0.2, 0.25) is 0 Å². The molecule has 0 spiro atoms. The van der Waals surface area contributed by atoms with Gasteiger partial charge in [0.25, 0.3) is 0 Å². The van der Waals surface area contributed by atoms with Crippen LogP contribution in [0.3, 0.4) is 0 Å². The summed E-state index contributed by atoms with van der Waals surface area (Å²) in [5, 5.41) is 2.75. The number of carbonyl (C=O) groups is 1. The first-order valence-electron chi connectivity index (χ1n) is 5.74. The standard InChI is InChI=1S/C15H10Br2FNO/c16-11-3-1-10(2-4-11)15(20)7-8-19-14-6-5-12(17)9-13(14)18/h1-9,19H/b8-7-. The van der Waals surface area contributed by atoms with E-state index in [4.69, 9.17) is 0 Å². The molecule has 0 saturated heterocycles. The van der Waals surface area contributed by atoms with Gasteiger partial charge in [-0.3, -0.25) is 4.79 Å². The molecule has 0 aliphatic rings. The molecule has 5 heteroatoms. The van der Waals surface area contributed by atoms with Gasteiger partial charge in [0.15, 0.2) is 5.78 Å². The molecule has 0 atom stereocenters. The number of anilines is 1. The summed E-state index contributed by atoms with van der Waals surface area (Å²) in [5.74, 6) is -0.539. The van der Waals surface area contributed by atoms with E-state index in [-0.39, 0.29) is 11.6 Å². The first-order valence-corrected chi connectivity index (χ1v) is 7.33. The Morgan fingerprint density at radius 1 is 1.05 bits per heavy atom. The lowest BCUT2D eigenvalue weighted by molar-refractivity contribution is 0.104.